The molecule has 6 nitrogen and oxygen atoms in total. The number of nitrogens with zero attached hydrogens (tertiary/aromatic N) is 4. The van der Waals surface area contributed by atoms with Crippen LogP contribution in [0.1, 0.15) is 10.4 Å². The summed E-state index contributed by atoms with van der Waals surface area (Å²) >= 11 is 8.49. The molecule has 1 fully saturated rings. The summed E-state index contributed by atoms with van der Waals surface area (Å²) in [6, 6.07) is 3.54. The number of nitrogens with one attached hydrogen (secondary N) is 1. The van der Waals surface area contributed by atoms with Crippen molar-refractivity contribution >= 4 is 40.0 Å². The fourth-order valence-corrected chi connectivity index (χ4v) is 2.77. The molecule has 0 unspecified atom stereocenters. The number of anilines is 1. The molecule has 3 rings (SSSR count). The van der Waals surface area contributed by atoms with Crippen LogP contribution in [-0.4, -0.2) is 51.9 Å². The first-order chi connectivity index (χ1) is 10.6. The maximum absolute atomic E-state index is 12.5. The van der Waals surface area contributed by atoms with Gasteiger partial charge < -0.3 is 14.8 Å². The van der Waals surface area contributed by atoms with E-state index in [0.717, 1.165) is 4.47 Å². The Hall–Kier alpha value is -1.80. The summed E-state index contributed by atoms with van der Waals surface area (Å²) in [5.74, 6) is 0.658. The Morgan fingerprint density at radius 1 is 1.23 bits per heavy atom. The summed E-state index contributed by atoms with van der Waals surface area (Å²) in [7, 11) is 0. The van der Waals surface area contributed by atoms with Crippen molar-refractivity contribution in [1.29, 1.82) is 0 Å². The zero-order chi connectivity index (χ0) is 15.5. The van der Waals surface area contributed by atoms with E-state index in [-0.39, 0.29) is 5.91 Å². The lowest BCUT2D eigenvalue weighted by molar-refractivity contribution is 0.0745. The molecule has 1 saturated heterocycles. The molecule has 0 atom stereocenters. The number of H-pyrrole nitrogens is 1. The molecule has 3 heterocycles. The average molecular weight is 380 g/mol. The van der Waals surface area contributed by atoms with Crippen LogP contribution in [0.2, 0.25) is 0 Å². The second kappa shape index (κ2) is 6.53. The van der Waals surface area contributed by atoms with Crippen LogP contribution >= 0.6 is 28.1 Å². The summed E-state index contributed by atoms with van der Waals surface area (Å²) in [4.78, 5) is 27.8. The van der Waals surface area contributed by atoms with Crippen molar-refractivity contribution in [1.82, 2.24) is 19.9 Å². The molecule has 1 amide bonds. The van der Waals surface area contributed by atoms with Crippen molar-refractivity contribution in [2.75, 3.05) is 31.1 Å². The molecule has 8 heteroatoms. The molecule has 0 spiro atoms. The molecule has 1 aliphatic heterocycles. The van der Waals surface area contributed by atoms with Gasteiger partial charge in [0.15, 0.2) is 0 Å². The van der Waals surface area contributed by atoms with Gasteiger partial charge in [0.05, 0.1) is 10.0 Å². The molecule has 1 N–H and O–H groups in total. The number of piperazine rings is 1. The smallest absolute Gasteiger partial charge is 0.256 e. The third kappa shape index (κ3) is 3.17. The minimum absolute atomic E-state index is 0.0294. The van der Waals surface area contributed by atoms with Gasteiger partial charge in [-0.3, -0.25) is 4.79 Å². The van der Waals surface area contributed by atoms with Gasteiger partial charge in [0, 0.05) is 44.8 Å². The van der Waals surface area contributed by atoms with Gasteiger partial charge in [-0.1, -0.05) is 12.2 Å². The maximum atomic E-state index is 12.5. The van der Waals surface area contributed by atoms with Crippen molar-refractivity contribution in [2.45, 2.75) is 0 Å². The van der Waals surface area contributed by atoms with Gasteiger partial charge in [-0.05, 0) is 28.1 Å². The van der Waals surface area contributed by atoms with Gasteiger partial charge in [0.1, 0.15) is 4.64 Å². The highest BCUT2D eigenvalue weighted by atomic mass is 79.9. The largest absolute Gasteiger partial charge is 0.352 e. The number of carbonyl (C=O) groups is 1. The quantitative estimate of drug-likeness (QED) is 0.810. The molecule has 0 aliphatic carbocycles. The highest BCUT2D eigenvalue weighted by molar-refractivity contribution is 9.10. The molecule has 22 heavy (non-hydrogen) atoms. The standard InChI is InChI=1S/C14H14BrN5OS/c15-10-8-17-14(18-9-10)20-6-4-19(5-7-20)13(21)11-2-1-3-16-12(11)22/h1-3,8-9H,4-7H2,(H,16,22). The van der Waals surface area contributed by atoms with Gasteiger partial charge in [0.2, 0.25) is 5.95 Å². The third-order valence-electron chi connectivity index (χ3n) is 3.51. The Kier molecular flexibility index (Phi) is 4.49. The fourth-order valence-electron chi connectivity index (χ4n) is 2.34. The normalized spacial score (nSPS) is 15.0. The van der Waals surface area contributed by atoms with Crippen molar-refractivity contribution in [3.8, 4) is 0 Å². The van der Waals surface area contributed by atoms with Crippen LogP contribution in [-0.2, 0) is 0 Å². The van der Waals surface area contributed by atoms with E-state index in [2.05, 4.69) is 35.8 Å². The molecule has 1 aliphatic rings. The summed E-state index contributed by atoms with van der Waals surface area (Å²) in [6.45, 7) is 2.66. The number of carbonyl (C=O) groups excluding carboxylic acids is 1. The van der Waals surface area contributed by atoms with E-state index in [0.29, 0.717) is 42.3 Å². The molecular weight excluding hydrogens is 366 g/mol. The van der Waals surface area contributed by atoms with Crippen molar-refractivity contribution in [2.24, 2.45) is 0 Å². The minimum Gasteiger partial charge on any atom is -0.352 e. The number of amides is 1. The highest BCUT2D eigenvalue weighted by Crippen LogP contribution is 2.15. The van der Waals surface area contributed by atoms with Crippen molar-refractivity contribution in [3.05, 3.63) is 45.4 Å². The third-order valence-corrected chi connectivity index (χ3v) is 4.25. The number of hydrogen-bond acceptors (Lipinski definition) is 5. The number of halogens is 1. The number of aromatic nitrogens is 3. The molecular formula is C14H14BrN5OS. The van der Waals surface area contributed by atoms with Crippen molar-refractivity contribution < 1.29 is 4.79 Å². The molecule has 2 aromatic rings. The van der Waals surface area contributed by atoms with Crippen LogP contribution in [0.3, 0.4) is 0 Å². The van der Waals surface area contributed by atoms with Gasteiger partial charge in [-0.25, -0.2) is 9.97 Å². The van der Waals surface area contributed by atoms with E-state index in [9.17, 15) is 4.79 Å². The second-order valence-electron chi connectivity index (χ2n) is 4.89. The number of aromatic amines is 1. The van der Waals surface area contributed by atoms with Gasteiger partial charge >= 0.3 is 0 Å². The molecule has 0 aromatic carbocycles. The highest BCUT2D eigenvalue weighted by Gasteiger charge is 2.24. The van der Waals surface area contributed by atoms with E-state index >= 15 is 0 Å². The van der Waals surface area contributed by atoms with E-state index in [4.69, 9.17) is 12.2 Å². The van der Waals surface area contributed by atoms with Crippen LogP contribution in [0, 0.1) is 4.64 Å². The van der Waals surface area contributed by atoms with E-state index < -0.39 is 0 Å². The lowest BCUT2D eigenvalue weighted by atomic mass is 10.2. The minimum atomic E-state index is -0.0294. The van der Waals surface area contributed by atoms with E-state index in [1.54, 1.807) is 30.7 Å². The number of pyridine rings is 1. The molecule has 0 radical (unpaired) electrons. The summed E-state index contributed by atoms with van der Waals surface area (Å²) in [5, 5.41) is 0. The lowest BCUT2D eigenvalue weighted by Crippen LogP contribution is -2.49. The van der Waals surface area contributed by atoms with Crippen LogP contribution in [0.4, 0.5) is 5.95 Å². The number of rotatable bonds is 2. The number of hydrogen-bond donors (Lipinski definition) is 1. The van der Waals surface area contributed by atoms with Gasteiger partial charge in [-0.2, -0.15) is 0 Å². The topological polar surface area (TPSA) is 65.1 Å². The average Bonchev–Trinajstić information content (AvgIpc) is 2.56. The summed E-state index contributed by atoms with van der Waals surface area (Å²) < 4.78 is 1.33. The molecule has 114 valence electrons. The molecule has 0 bridgehead atoms. The van der Waals surface area contributed by atoms with Crippen molar-refractivity contribution in [3.63, 3.8) is 0 Å². The predicted octanol–water partition coefficient (Wildman–Crippen LogP) is 2.26. The first-order valence-corrected chi connectivity index (χ1v) is 8.05. The van der Waals surface area contributed by atoms with Gasteiger partial charge in [0.25, 0.3) is 5.91 Å². The summed E-state index contributed by atoms with van der Waals surface area (Å²) in [6.07, 6.45) is 5.17. The molecule has 2 aromatic heterocycles. The fraction of sp³-hybridized carbons (Fsp3) is 0.286. The molecule has 0 saturated carbocycles. The zero-order valence-electron chi connectivity index (χ0n) is 11.7. The van der Waals surface area contributed by atoms with Gasteiger partial charge in [-0.15, -0.1) is 0 Å². The Morgan fingerprint density at radius 2 is 1.91 bits per heavy atom. The SMILES string of the molecule is O=C(c1ccc[nH]c1=S)N1CCN(c2ncc(Br)cn2)CC1. The Balaban J connectivity index is 1.67. The van der Waals surface area contributed by atoms with E-state index in [1.165, 1.54) is 0 Å². The Morgan fingerprint density at radius 3 is 2.55 bits per heavy atom. The Bertz CT molecular complexity index is 725. The Labute approximate surface area is 141 Å². The van der Waals surface area contributed by atoms with E-state index in [1.807, 2.05) is 4.90 Å². The van der Waals surface area contributed by atoms with Crippen LogP contribution in [0.25, 0.3) is 0 Å². The second-order valence-corrected chi connectivity index (χ2v) is 6.22. The zero-order valence-corrected chi connectivity index (χ0v) is 14.1. The van der Waals surface area contributed by atoms with Crippen LogP contribution in [0.5, 0.6) is 0 Å². The predicted molar refractivity (Wildman–Crippen MR) is 89.5 cm³/mol. The van der Waals surface area contributed by atoms with Crippen LogP contribution in [0.15, 0.2) is 35.2 Å². The lowest BCUT2D eigenvalue weighted by Gasteiger charge is -2.34. The monoisotopic (exact) mass is 379 g/mol. The first-order valence-electron chi connectivity index (χ1n) is 6.84. The van der Waals surface area contributed by atoms with Crippen LogP contribution < -0.4 is 4.90 Å². The maximum Gasteiger partial charge on any atom is 0.256 e. The summed E-state index contributed by atoms with van der Waals surface area (Å²) in [5.41, 5.74) is 0.547. The first kappa shape index (κ1) is 15.1.